The number of nitrogens with one attached hydrogen (secondary N) is 1. The molecular weight excluding hydrogens is 200 g/mol. The Kier molecular flexibility index (Phi) is 3.70. The molecule has 16 heavy (non-hydrogen) atoms. The van der Waals surface area contributed by atoms with Gasteiger partial charge in [-0.2, -0.15) is 0 Å². The van der Waals surface area contributed by atoms with E-state index >= 15 is 0 Å². The van der Waals surface area contributed by atoms with Crippen molar-refractivity contribution in [1.29, 1.82) is 0 Å². The highest BCUT2D eigenvalue weighted by Gasteiger charge is 2.29. The summed E-state index contributed by atoms with van der Waals surface area (Å²) in [5.74, 6) is 0.00125. The van der Waals surface area contributed by atoms with E-state index in [1.165, 1.54) is 5.56 Å². The van der Waals surface area contributed by atoms with Crippen LogP contribution < -0.4 is 5.43 Å². The molecule has 1 amide bonds. The Morgan fingerprint density at radius 1 is 1.19 bits per heavy atom. The van der Waals surface area contributed by atoms with E-state index in [-0.39, 0.29) is 5.91 Å². The number of hydrogen-bond donors (Lipinski definition) is 1. The zero-order valence-electron chi connectivity index (χ0n) is 10.7. The zero-order chi connectivity index (χ0) is 12.3. The molecule has 1 rings (SSSR count). The topological polar surface area (TPSA) is 32.3 Å². The number of hydrazine groups is 1. The molecular formula is C13H20N2O. The SMILES string of the molecule is Cc1ccc(C(C)(C)C(=O)NN(C)C)cc1. The van der Waals surface area contributed by atoms with Gasteiger partial charge in [0, 0.05) is 14.1 Å². The van der Waals surface area contributed by atoms with Gasteiger partial charge in [0.25, 0.3) is 0 Å². The molecule has 3 nitrogen and oxygen atoms in total. The number of rotatable bonds is 3. The smallest absolute Gasteiger partial charge is 0.244 e. The van der Waals surface area contributed by atoms with Crippen molar-refractivity contribution in [2.45, 2.75) is 26.2 Å². The van der Waals surface area contributed by atoms with Crippen LogP contribution in [0.4, 0.5) is 0 Å². The summed E-state index contributed by atoms with van der Waals surface area (Å²) in [5.41, 5.74) is 4.50. The molecule has 1 N–H and O–H groups in total. The molecule has 1 aromatic carbocycles. The first kappa shape index (κ1) is 12.7. The van der Waals surface area contributed by atoms with Crippen molar-refractivity contribution >= 4 is 5.91 Å². The molecule has 0 saturated carbocycles. The summed E-state index contributed by atoms with van der Waals surface area (Å²) >= 11 is 0. The fraction of sp³-hybridized carbons (Fsp3) is 0.462. The Morgan fingerprint density at radius 2 is 1.69 bits per heavy atom. The quantitative estimate of drug-likeness (QED) is 0.789. The van der Waals surface area contributed by atoms with Gasteiger partial charge in [0.1, 0.15) is 0 Å². The molecule has 0 unspecified atom stereocenters. The van der Waals surface area contributed by atoms with Gasteiger partial charge in [-0.1, -0.05) is 29.8 Å². The Bertz CT molecular complexity index is 366. The summed E-state index contributed by atoms with van der Waals surface area (Å²) in [6, 6.07) is 8.06. The van der Waals surface area contributed by atoms with E-state index in [0.717, 1.165) is 5.56 Å². The zero-order valence-corrected chi connectivity index (χ0v) is 10.7. The third-order valence-electron chi connectivity index (χ3n) is 2.67. The monoisotopic (exact) mass is 220 g/mol. The van der Waals surface area contributed by atoms with Crippen molar-refractivity contribution in [1.82, 2.24) is 10.4 Å². The molecule has 0 bridgehead atoms. The number of hydrogen-bond acceptors (Lipinski definition) is 2. The molecule has 0 radical (unpaired) electrons. The van der Waals surface area contributed by atoms with E-state index in [2.05, 4.69) is 5.43 Å². The van der Waals surface area contributed by atoms with Crippen LogP contribution >= 0.6 is 0 Å². The molecule has 0 atom stereocenters. The standard InChI is InChI=1S/C13H20N2O/c1-10-6-8-11(9-7-10)13(2,3)12(16)14-15(4)5/h6-9H,1-5H3,(H,14,16). The largest absolute Gasteiger partial charge is 0.289 e. The average molecular weight is 220 g/mol. The fourth-order valence-electron chi connectivity index (χ4n) is 1.44. The Morgan fingerprint density at radius 3 is 2.12 bits per heavy atom. The van der Waals surface area contributed by atoms with Gasteiger partial charge in [-0.15, -0.1) is 0 Å². The minimum absolute atomic E-state index is 0.00125. The maximum Gasteiger partial charge on any atom is 0.244 e. The predicted molar refractivity (Wildman–Crippen MR) is 66.0 cm³/mol. The highest BCUT2D eigenvalue weighted by atomic mass is 16.2. The average Bonchev–Trinajstić information content (AvgIpc) is 2.17. The minimum Gasteiger partial charge on any atom is -0.289 e. The van der Waals surface area contributed by atoms with Gasteiger partial charge in [0.05, 0.1) is 5.41 Å². The Balaban J connectivity index is 2.92. The van der Waals surface area contributed by atoms with Gasteiger partial charge >= 0.3 is 0 Å². The molecule has 3 heteroatoms. The summed E-state index contributed by atoms with van der Waals surface area (Å²) in [6.07, 6.45) is 0. The highest BCUT2D eigenvalue weighted by Crippen LogP contribution is 2.23. The lowest BCUT2D eigenvalue weighted by molar-refractivity contribution is -0.129. The van der Waals surface area contributed by atoms with Crippen molar-refractivity contribution in [3.8, 4) is 0 Å². The third-order valence-corrected chi connectivity index (χ3v) is 2.67. The number of aryl methyl sites for hydroxylation is 1. The number of nitrogens with zero attached hydrogens (tertiary/aromatic N) is 1. The summed E-state index contributed by atoms with van der Waals surface area (Å²) in [5, 5.41) is 1.66. The van der Waals surface area contributed by atoms with Crippen molar-refractivity contribution < 1.29 is 4.79 Å². The van der Waals surface area contributed by atoms with E-state index in [1.54, 1.807) is 5.01 Å². The number of amides is 1. The molecule has 0 aromatic heterocycles. The fourth-order valence-corrected chi connectivity index (χ4v) is 1.44. The molecule has 88 valence electrons. The summed E-state index contributed by atoms with van der Waals surface area (Å²) in [7, 11) is 3.62. The van der Waals surface area contributed by atoms with Gasteiger partial charge in [0.2, 0.25) is 5.91 Å². The number of carbonyl (C=O) groups excluding carboxylic acids is 1. The van der Waals surface area contributed by atoms with Crippen LogP contribution in [0.2, 0.25) is 0 Å². The van der Waals surface area contributed by atoms with Crippen molar-refractivity contribution in [2.75, 3.05) is 14.1 Å². The maximum atomic E-state index is 12.0. The van der Waals surface area contributed by atoms with Crippen molar-refractivity contribution in [2.24, 2.45) is 0 Å². The van der Waals surface area contributed by atoms with Gasteiger partial charge in [-0.05, 0) is 26.3 Å². The molecule has 0 aliphatic rings. The second kappa shape index (κ2) is 4.66. The van der Waals surface area contributed by atoms with E-state index in [4.69, 9.17) is 0 Å². The lowest BCUT2D eigenvalue weighted by Crippen LogP contribution is -2.46. The predicted octanol–water partition coefficient (Wildman–Crippen LogP) is 1.87. The van der Waals surface area contributed by atoms with Crippen LogP contribution in [0.3, 0.4) is 0 Å². The minimum atomic E-state index is -0.516. The van der Waals surface area contributed by atoms with Crippen LogP contribution in [0.25, 0.3) is 0 Å². The number of benzene rings is 1. The van der Waals surface area contributed by atoms with E-state index in [1.807, 2.05) is 59.1 Å². The lowest BCUT2D eigenvalue weighted by Gasteiger charge is -2.26. The molecule has 0 spiro atoms. The van der Waals surface area contributed by atoms with Crippen LogP contribution in [-0.2, 0) is 10.2 Å². The first-order valence-electron chi connectivity index (χ1n) is 5.39. The molecule has 0 aliphatic heterocycles. The molecule has 0 aliphatic carbocycles. The Labute approximate surface area is 97.4 Å². The van der Waals surface area contributed by atoms with Gasteiger partial charge in [-0.25, -0.2) is 5.01 Å². The Hall–Kier alpha value is -1.35. The molecule has 0 fully saturated rings. The van der Waals surface area contributed by atoms with Crippen LogP contribution in [-0.4, -0.2) is 25.0 Å². The van der Waals surface area contributed by atoms with Crippen molar-refractivity contribution in [3.63, 3.8) is 0 Å². The second-order valence-electron chi connectivity index (χ2n) is 4.83. The summed E-state index contributed by atoms with van der Waals surface area (Å²) in [6.45, 7) is 5.89. The van der Waals surface area contributed by atoms with E-state index < -0.39 is 5.41 Å². The third kappa shape index (κ3) is 2.83. The van der Waals surface area contributed by atoms with Gasteiger partial charge < -0.3 is 0 Å². The van der Waals surface area contributed by atoms with Gasteiger partial charge in [-0.3, -0.25) is 10.2 Å². The van der Waals surface area contributed by atoms with Gasteiger partial charge in [0.15, 0.2) is 0 Å². The molecule has 0 heterocycles. The summed E-state index contributed by atoms with van der Waals surface area (Å²) in [4.78, 5) is 12.0. The first-order chi connectivity index (χ1) is 7.34. The van der Waals surface area contributed by atoms with E-state index in [9.17, 15) is 4.79 Å². The van der Waals surface area contributed by atoms with Crippen LogP contribution in [0.15, 0.2) is 24.3 Å². The molecule has 0 saturated heterocycles. The highest BCUT2D eigenvalue weighted by molar-refractivity contribution is 5.86. The van der Waals surface area contributed by atoms with Crippen LogP contribution in [0.5, 0.6) is 0 Å². The normalized spacial score (nSPS) is 11.6. The molecule has 1 aromatic rings. The second-order valence-corrected chi connectivity index (χ2v) is 4.83. The first-order valence-corrected chi connectivity index (χ1v) is 5.39. The maximum absolute atomic E-state index is 12.0. The lowest BCUT2D eigenvalue weighted by atomic mass is 9.83. The summed E-state index contributed by atoms with van der Waals surface area (Å²) < 4.78 is 0. The van der Waals surface area contributed by atoms with Crippen LogP contribution in [0, 0.1) is 6.92 Å². The van der Waals surface area contributed by atoms with Crippen LogP contribution in [0.1, 0.15) is 25.0 Å². The van der Waals surface area contributed by atoms with E-state index in [0.29, 0.717) is 0 Å². The van der Waals surface area contributed by atoms with Crippen molar-refractivity contribution in [3.05, 3.63) is 35.4 Å². The number of carbonyl (C=O) groups is 1.